The summed E-state index contributed by atoms with van der Waals surface area (Å²) in [4.78, 5) is 0. The molecule has 1 rings (SSSR count). The molecule has 0 nitrogen and oxygen atoms in total. The average Bonchev–Trinajstić information content (AvgIpc) is 2.08. The van der Waals surface area contributed by atoms with Gasteiger partial charge in [0.2, 0.25) is 0 Å². The summed E-state index contributed by atoms with van der Waals surface area (Å²) in [6.07, 6.45) is 5.59. The molecule has 0 unspecified atom stereocenters. The van der Waals surface area contributed by atoms with E-state index in [1.165, 1.54) is 25.7 Å². The van der Waals surface area contributed by atoms with Crippen LogP contribution in [-0.4, -0.2) is 3.23 Å². The van der Waals surface area contributed by atoms with Gasteiger partial charge in [-0.1, -0.05) is 44.7 Å². The maximum Gasteiger partial charge on any atom is 0.0805 e. The van der Waals surface area contributed by atoms with Gasteiger partial charge in [-0.05, 0) is 25.7 Å². The molecule has 9 heavy (non-hydrogen) atoms. The second kappa shape index (κ2) is 2.91. The molecule has 54 valence electrons. The molecule has 0 radical (unpaired) electrons. The van der Waals surface area contributed by atoms with Crippen LogP contribution in [0.5, 0.6) is 0 Å². The molecule has 0 saturated heterocycles. The van der Waals surface area contributed by atoms with Gasteiger partial charge < -0.3 is 0 Å². The maximum absolute atomic E-state index is 3.62. The van der Waals surface area contributed by atoms with Crippen LogP contribution in [0.1, 0.15) is 32.6 Å². The molecule has 0 aromatic carbocycles. The monoisotopic (exact) mass is 254 g/mol. The van der Waals surface area contributed by atoms with Crippen molar-refractivity contribution < 1.29 is 0 Å². The van der Waals surface area contributed by atoms with Crippen molar-refractivity contribution in [3.05, 3.63) is 0 Å². The molecule has 0 amide bonds. The van der Waals surface area contributed by atoms with Crippen LogP contribution in [0.25, 0.3) is 0 Å². The summed E-state index contributed by atoms with van der Waals surface area (Å²) in [5, 5.41) is 0. The molecule has 0 aliphatic heterocycles. The van der Waals surface area contributed by atoms with Crippen LogP contribution in [0.2, 0.25) is 0 Å². The van der Waals surface area contributed by atoms with E-state index in [1.54, 1.807) is 0 Å². The van der Waals surface area contributed by atoms with Crippen molar-refractivity contribution in [2.24, 2.45) is 5.92 Å². The fraction of sp³-hybridized carbons (Fsp3) is 1.00. The summed E-state index contributed by atoms with van der Waals surface area (Å²) in [5.41, 5.74) is 0. The van der Waals surface area contributed by atoms with Gasteiger partial charge in [0.15, 0.2) is 0 Å². The van der Waals surface area contributed by atoms with E-state index in [2.05, 4.69) is 38.8 Å². The van der Waals surface area contributed by atoms with Crippen LogP contribution >= 0.6 is 31.9 Å². The Labute approximate surface area is 73.7 Å². The standard InChI is InChI=1S/C7H12Br2/c1-7(8,9)6-4-2-3-5-6/h6H,2-5H2,1H3. The molecule has 0 bridgehead atoms. The van der Waals surface area contributed by atoms with E-state index >= 15 is 0 Å². The van der Waals surface area contributed by atoms with Gasteiger partial charge in [0.05, 0.1) is 3.23 Å². The Balaban J connectivity index is 2.42. The molecule has 0 heterocycles. The first-order chi connectivity index (χ1) is 4.11. The van der Waals surface area contributed by atoms with Crippen LogP contribution < -0.4 is 0 Å². The van der Waals surface area contributed by atoms with E-state index < -0.39 is 0 Å². The van der Waals surface area contributed by atoms with Gasteiger partial charge in [-0.15, -0.1) is 0 Å². The van der Waals surface area contributed by atoms with Crippen molar-refractivity contribution in [3.63, 3.8) is 0 Å². The van der Waals surface area contributed by atoms with Crippen LogP contribution in [-0.2, 0) is 0 Å². The van der Waals surface area contributed by atoms with E-state index in [0.717, 1.165) is 5.92 Å². The number of hydrogen-bond donors (Lipinski definition) is 0. The molecular formula is C7H12Br2. The summed E-state index contributed by atoms with van der Waals surface area (Å²) in [6.45, 7) is 2.20. The van der Waals surface area contributed by atoms with Gasteiger partial charge in [0.25, 0.3) is 0 Å². The highest BCUT2D eigenvalue weighted by molar-refractivity contribution is 9.25. The van der Waals surface area contributed by atoms with Gasteiger partial charge in [-0.3, -0.25) is 0 Å². The Morgan fingerprint density at radius 1 is 1.22 bits per heavy atom. The SMILES string of the molecule is CC(Br)(Br)C1CCCC1. The fourth-order valence-corrected chi connectivity index (χ4v) is 2.35. The Bertz CT molecular complexity index is 87.6. The Morgan fingerprint density at radius 2 is 1.67 bits per heavy atom. The van der Waals surface area contributed by atoms with Gasteiger partial charge in [0, 0.05) is 0 Å². The summed E-state index contributed by atoms with van der Waals surface area (Å²) >= 11 is 7.24. The molecule has 1 saturated carbocycles. The van der Waals surface area contributed by atoms with E-state index in [9.17, 15) is 0 Å². The van der Waals surface area contributed by atoms with Crippen molar-refractivity contribution in [2.75, 3.05) is 0 Å². The largest absolute Gasteiger partial charge is 0.0805 e. The van der Waals surface area contributed by atoms with E-state index in [1.807, 2.05) is 0 Å². The lowest BCUT2D eigenvalue weighted by molar-refractivity contribution is 0.529. The Kier molecular flexibility index (Phi) is 2.61. The zero-order valence-electron chi connectivity index (χ0n) is 5.66. The minimum atomic E-state index is 0.205. The van der Waals surface area contributed by atoms with Gasteiger partial charge >= 0.3 is 0 Å². The normalized spacial score (nSPS) is 23.0. The quantitative estimate of drug-likeness (QED) is 0.627. The second-order valence-electron chi connectivity index (χ2n) is 2.94. The van der Waals surface area contributed by atoms with Crippen LogP contribution in [0.15, 0.2) is 0 Å². The third kappa shape index (κ3) is 2.23. The molecule has 1 aliphatic carbocycles. The molecule has 1 fully saturated rings. The van der Waals surface area contributed by atoms with E-state index in [0.29, 0.717) is 0 Å². The average molecular weight is 256 g/mol. The number of halogens is 2. The topological polar surface area (TPSA) is 0 Å². The van der Waals surface area contributed by atoms with Crippen LogP contribution in [0.3, 0.4) is 0 Å². The minimum Gasteiger partial charge on any atom is -0.0727 e. The van der Waals surface area contributed by atoms with Crippen molar-refractivity contribution in [2.45, 2.75) is 35.8 Å². The molecule has 0 N–H and O–H groups in total. The first-order valence-electron chi connectivity index (χ1n) is 3.48. The number of alkyl halides is 2. The lowest BCUT2D eigenvalue weighted by Gasteiger charge is -2.21. The van der Waals surface area contributed by atoms with E-state index in [-0.39, 0.29) is 3.23 Å². The Hall–Kier alpha value is 0.960. The van der Waals surface area contributed by atoms with Gasteiger partial charge in [-0.2, -0.15) is 0 Å². The molecular weight excluding hydrogens is 244 g/mol. The summed E-state index contributed by atoms with van der Waals surface area (Å²) < 4.78 is 0.205. The smallest absolute Gasteiger partial charge is 0.0727 e. The molecule has 0 spiro atoms. The van der Waals surface area contributed by atoms with Gasteiger partial charge in [0.1, 0.15) is 0 Å². The molecule has 0 atom stereocenters. The first kappa shape index (κ1) is 8.06. The Morgan fingerprint density at radius 3 is 1.89 bits per heavy atom. The third-order valence-corrected chi connectivity index (χ3v) is 3.37. The molecule has 0 aromatic heterocycles. The summed E-state index contributed by atoms with van der Waals surface area (Å²) in [5.74, 6) is 0.845. The fourth-order valence-electron chi connectivity index (χ4n) is 1.43. The summed E-state index contributed by atoms with van der Waals surface area (Å²) in [7, 11) is 0. The highest BCUT2D eigenvalue weighted by Crippen LogP contribution is 2.43. The van der Waals surface area contributed by atoms with Crippen LogP contribution in [0, 0.1) is 5.92 Å². The third-order valence-electron chi connectivity index (χ3n) is 2.07. The highest BCUT2D eigenvalue weighted by Gasteiger charge is 2.30. The molecule has 1 aliphatic rings. The zero-order chi connectivity index (χ0) is 6.91. The van der Waals surface area contributed by atoms with Crippen molar-refractivity contribution in [1.29, 1.82) is 0 Å². The lowest BCUT2D eigenvalue weighted by Crippen LogP contribution is -2.16. The van der Waals surface area contributed by atoms with Gasteiger partial charge in [-0.25, -0.2) is 0 Å². The maximum atomic E-state index is 3.62. The number of rotatable bonds is 1. The summed E-state index contributed by atoms with van der Waals surface area (Å²) in [6, 6.07) is 0. The van der Waals surface area contributed by atoms with Crippen molar-refractivity contribution >= 4 is 31.9 Å². The van der Waals surface area contributed by atoms with Crippen molar-refractivity contribution in [1.82, 2.24) is 0 Å². The molecule has 0 aromatic rings. The lowest BCUT2D eigenvalue weighted by atomic mass is 10.1. The highest BCUT2D eigenvalue weighted by atomic mass is 79.9. The van der Waals surface area contributed by atoms with Crippen LogP contribution in [0.4, 0.5) is 0 Å². The predicted molar refractivity (Wildman–Crippen MR) is 48.2 cm³/mol. The van der Waals surface area contributed by atoms with Crippen molar-refractivity contribution in [3.8, 4) is 0 Å². The number of hydrogen-bond acceptors (Lipinski definition) is 0. The zero-order valence-corrected chi connectivity index (χ0v) is 8.83. The van der Waals surface area contributed by atoms with E-state index in [4.69, 9.17) is 0 Å². The molecule has 2 heteroatoms. The minimum absolute atomic E-state index is 0.205. The predicted octanol–water partition coefficient (Wildman–Crippen LogP) is 3.68. The second-order valence-corrected chi connectivity index (χ2v) is 7.30. The first-order valence-corrected chi connectivity index (χ1v) is 5.07.